The normalized spacial score (nSPS) is 11.2. The summed E-state index contributed by atoms with van der Waals surface area (Å²) in [6, 6.07) is 12.2. The van der Waals surface area contributed by atoms with Gasteiger partial charge in [0.2, 0.25) is 5.89 Å². The number of ether oxygens (including phenoxy) is 1. The molecule has 0 saturated carbocycles. The molecule has 1 aromatic carbocycles. The van der Waals surface area contributed by atoms with Crippen LogP contribution >= 0.6 is 0 Å². The minimum absolute atomic E-state index is 0.447. The number of hydrogen-bond acceptors (Lipinski definition) is 6. The van der Waals surface area contributed by atoms with E-state index in [2.05, 4.69) is 45.6 Å². The Bertz CT molecular complexity index is 1050. The van der Waals surface area contributed by atoms with Crippen molar-refractivity contribution in [3.8, 4) is 5.75 Å². The molecule has 0 radical (unpaired) electrons. The summed E-state index contributed by atoms with van der Waals surface area (Å²) in [5.74, 6) is 2.17. The van der Waals surface area contributed by atoms with Crippen LogP contribution in [0.4, 0.5) is 0 Å². The smallest absolute Gasteiger partial charge is 0.227 e. The second-order valence-corrected chi connectivity index (χ2v) is 6.75. The van der Waals surface area contributed by atoms with Gasteiger partial charge in [0.25, 0.3) is 0 Å². The minimum Gasteiger partial charge on any atom is -0.487 e. The topological polar surface area (TPSA) is 77.5 Å². The van der Waals surface area contributed by atoms with Gasteiger partial charge in [0.1, 0.15) is 18.0 Å². The van der Waals surface area contributed by atoms with Crippen LogP contribution < -0.4 is 10.1 Å². The van der Waals surface area contributed by atoms with E-state index < -0.39 is 0 Å². The molecule has 0 atom stereocenters. The van der Waals surface area contributed by atoms with E-state index in [1.165, 1.54) is 5.56 Å². The molecule has 7 heteroatoms. The maximum Gasteiger partial charge on any atom is 0.227 e. The number of aromatic nitrogens is 4. The average Bonchev–Trinajstić information content (AvgIpc) is 3.31. The van der Waals surface area contributed by atoms with Gasteiger partial charge >= 0.3 is 0 Å². The summed E-state index contributed by atoms with van der Waals surface area (Å²) in [6.07, 6.45) is 4.73. The SMILES string of the molecule is Cc1noc(CCNCc2ccc(OCc3cn4cccc(C)c4n3)cc2)n1. The highest BCUT2D eigenvalue weighted by Gasteiger charge is 2.05. The Morgan fingerprint density at radius 1 is 1.11 bits per heavy atom. The fourth-order valence-electron chi connectivity index (χ4n) is 3.00. The van der Waals surface area contributed by atoms with Gasteiger partial charge in [-0.25, -0.2) is 4.98 Å². The molecule has 0 saturated heterocycles. The Labute approximate surface area is 163 Å². The summed E-state index contributed by atoms with van der Waals surface area (Å²) in [6.45, 7) is 5.89. The van der Waals surface area contributed by atoms with E-state index >= 15 is 0 Å². The standard InChI is InChI=1S/C21H23N5O2/c1-15-4-3-11-26-13-18(24-21(15)26)14-27-19-7-5-17(6-8-19)12-22-10-9-20-23-16(2)25-28-20/h3-8,11,13,22H,9-10,12,14H2,1-2H3. The van der Waals surface area contributed by atoms with E-state index in [4.69, 9.17) is 9.26 Å². The predicted octanol–water partition coefficient (Wildman–Crippen LogP) is 3.25. The van der Waals surface area contributed by atoms with E-state index in [-0.39, 0.29) is 0 Å². The fourth-order valence-corrected chi connectivity index (χ4v) is 3.00. The van der Waals surface area contributed by atoms with Crippen molar-refractivity contribution in [1.29, 1.82) is 0 Å². The maximum absolute atomic E-state index is 5.88. The summed E-state index contributed by atoms with van der Waals surface area (Å²) in [7, 11) is 0. The monoisotopic (exact) mass is 377 g/mol. The minimum atomic E-state index is 0.447. The third-order valence-corrected chi connectivity index (χ3v) is 4.45. The van der Waals surface area contributed by atoms with Crippen LogP contribution in [0.5, 0.6) is 5.75 Å². The Morgan fingerprint density at radius 3 is 2.71 bits per heavy atom. The molecule has 4 aromatic rings. The van der Waals surface area contributed by atoms with E-state index in [1.807, 2.05) is 41.9 Å². The number of benzene rings is 1. The zero-order valence-corrected chi connectivity index (χ0v) is 16.1. The second kappa shape index (κ2) is 8.22. The first-order valence-corrected chi connectivity index (χ1v) is 9.32. The van der Waals surface area contributed by atoms with Crippen molar-refractivity contribution in [3.05, 3.63) is 77.3 Å². The van der Waals surface area contributed by atoms with Crippen LogP contribution in [-0.4, -0.2) is 26.1 Å². The molecule has 3 aromatic heterocycles. The Kier molecular flexibility index (Phi) is 5.34. The van der Waals surface area contributed by atoms with Crippen LogP contribution in [0.2, 0.25) is 0 Å². The van der Waals surface area contributed by atoms with Crippen molar-refractivity contribution < 1.29 is 9.26 Å². The van der Waals surface area contributed by atoms with Crippen LogP contribution in [0.1, 0.15) is 28.5 Å². The molecular formula is C21H23N5O2. The molecular weight excluding hydrogens is 354 g/mol. The van der Waals surface area contributed by atoms with Gasteiger partial charge in [-0.05, 0) is 43.2 Å². The van der Waals surface area contributed by atoms with E-state index in [9.17, 15) is 0 Å². The number of aryl methyl sites for hydroxylation is 2. The lowest BCUT2D eigenvalue weighted by Crippen LogP contribution is -2.16. The molecule has 0 aliphatic heterocycles. The molecule has 0 aliphatic rings. The lowest BCUT2D eigenvalue weighted by molar-refractivity contribution is 0.302. The molecule has 4 rings (SSSR count). The van der Waals surface area contributed by atoms with Gasteiger partial charge in [0.05, 0.1) is 5.69 Å². The van der Waals surface area contributed by atoms with Crippen molar-refractivity contribution in [2.24, 2.45) is 0 Å². The molecule has 7 nitrogen and oxygen atoms in total. The number of pyridine rings is 1. The van der Waals surface area contributed by atoms with Crippen molar-refractivity contribution in [2.75, 3.05) is 6.54 Å². The van der Waals surface area contributed by atoms with Crippen LogP contribution in [0.25, 0.3) is 5.65 Å². The first-order valence-electron chi connectivity index (χ1n) is 9.32. The Morgan fingerprint density at radius 2 is 1.96 bits per heavy atom. The molecule has 3 heterocycles. The van der Waals surface area contributed by atoms with Gasteiger partial charge in [-0.3, -0.25) is 0 Å². The van der Waals surface area contributed by atoms with Crippen LogP contribution in [0.15, 0.2) is 53.3 Å². The number of hydrogen-bond donors (Lipinski definition) is 1. The van der Waals surface area contributed by atoms with Gasteiger partial charge in [0.15, 0.2) is 5.82 Å². The molecule has 0 unspecified atom stereocenters. The van der Waals surface area contributed by atoms with Gasteiger partial charge in [-0.1, -0.05) is 23.4 Å². The van der Waals surface area contributed by atoms with Crippen molar-refractivity contribution in [2.45, 2.75) is 33.4 Å². The number of rotatable bonds is 8. The fraction of sp³-hybridized carbons (Fsp3) is 0.286. The summed E-state index contributed by atoms with van der Waals surface area (Å²) >= 11 is 0. The quantitative estimate of drug-likeness (QED) is 0.475. The molecule has 0 amide bonds. The average molecular weight is 377 g/mol. The molecule has 0 bridgehead atoms. The van der Waals surface area contributed by atoms with E-state index in [0.29, 0.717) is 18.3 Å². The molecule has 144 valence electrons. The Hall–Kier alpha value is -3.19. The van der Waals surface area contributed by atoms with Crippen molar-refractivity contribution >= 4 is 5.65 Å². The first-order chi connectivity index (χ1) is 13.7. The highest BCUT2D eigenvalue weighted by Crippen LogP contribution is 2.15. The lowest BCUT2D eigenvalue weighted by atomic mass is 10.2. The van der Waals surface area contributed by atoms with Gasteiger partial charge < -0.3 is 19.0 Å². The second-order valence-electron chi connectivity index (χ2n) is 6.75. The zero-order valence-electron chi connectivity index (χ0n) is 16.1. The summed E-state index contributed by atoms with van der Waals surface area (Å²) in [5.41, 5.74) is 4.23. The first kappa shape index (κ1) is 18.2. The van der Waals surface area contributed by atoms with Crippen LogP contribution in [-0.2, 0) is 19.6 Å². The zero-order chi connectivity index (χ0) is 19.3. The largest absolute Gasteiger partial charge is 0.487 e. The van der Waals surface area contributed by atoms with Crippen LogP contribution in [0.3, 0.4) is 0 Å². The number of imidazole rings is 1. The lowest BCUT2D eigenvalue weighted by Gasteiger charge is -2.07. The Balaban J connectivity index is 1.25. The van der Waals surface area contributed by atoms with E-state index in [0.717, 1.165) is 42.2 Å². The number of fused-ring (bicyclic) bond motifs is 1. The van der Waals surface area contributed by atoms with Crippen molar-refractivity contribution in [3.63, 3.8) is 0 Å². The molecule has 0 fully saturated rings. The predicted molar refractivity (Wildman–Crippen MR) is 105 cm³/mol. The molecule has 1 N–H and O–H groups in total. The van der Waals surface area contributed by atoms with Crippen LogP contribution in [0, 0.1) is 13.8 Å². The highest BCUT2D eigenvalue weighted by molar-refractivity contribution is 5.47. The van der Waals surface area contributed by atoms with Gasteiger partial charge in [-0.15, -0.1) is 0 Å². The maximum atomic E-state index is 5.88. The molecule has 0 spiro atoms. The third-order valence-electron chi connectivity index (χ3n) is 4.45. The summed E-state index contributed by atoms with van der Waals surface area (Å²) in [4.78, 5) is 8.82. The highest BCUT2D eigenvalue weighted by atomic mass is 16.5. The van der Waals surface area contributed by atoms with Gasteiger partial charge in [-0.2, -0.15) is 4.98 Å². The number of nitrogens with one attached hydrogen (secondary N) is 1. The number of nitrogens with zero attached hydrogens (tertiary/aromatic N) is 4. The van der Waals surface area contributed by atoms with Gasteiger partial charge in [0, 0.05) is 31.9 Å². The third kappa shape index (κ3) is 4.37. The van der Waals surface area contributed by atoms with Crippen molar-refractivity contribution in [1.82, 2.24) is 24.8 Å². The molecule has 0 aliphatic carbocycles. The van der Waals surface area contributed by atoms with E-state index in [1.54, 1.807) is 0 Å². The summed E-state index contributed by atoms with van der Waals surface area (Å²) < 4.78 is 13.0. The molecule has 28 heavy (non-hydrogen) atoms. The summed E-state index contributed by atoms with van der Waals surface area (Å²) in [5, 5.41) is 7.16.